The van der Waals surface area contributed by atoms with Gasteiger partial charge in [-0.3, -0.25) is 4.79 Å². The van der Waals surface area contributed by atoms with E-state index in [0.29, 0.717) is 6.42 Å². The summed E-state index contributed by atoms with van der Waals surface area (Å²) >= 11 is 0. The Bertz CT molecular complexity index is 636. The van der Waals surface area contributed by atoms with Gasteiger partial charge in [0, 0.05) is 11.3 Å². The second-order valence-electron chi connectivity index (χ2n) is 10.3. The summed E-state index contributed by atoms with van der Waals surface area (Å²) in [5.41, 5.74) is -2.06. The summed E-state index contributed by atoms with van der Waals surface area (Å²) in [6.07, 6.45) is 4.76. The standard InChI is InChI=1S/C20H30O5/c1-17-6-3-7-18(2)14(17)13(25-16(18)23)15(22)19-8-11(4-5-12(17)19)20(24,9-19)10-21/h11-15,21-22,24H,3-10H2,1-2H3. The van der Waals surface area contributed by atoms with Crippen LogP contribution in [-0.2, 0) is 9.53 Å². The maximum Gasteiger partial charge on any atom is 0.312 e. The van der Waals surface area contributed by atoms with Crippen LogP contribution < -0.4 is 0 Å². The molecule has 0 aromatic rings. The minimum atomic E-state index is -1.10. The zero-order valence-corrected chi connectivity index (χ0v) is 15.2. The molecular weight excluding hydrogens is 320 g/mol. The van der Waals surface area contributed by atoms with E-state index in [4.69, 9.17) is 4.74 Å². The normalized spacial score (nSPS) is 62.3. The van der Waals surface area contributed by atoms with Gasteiger partial charge in [-0.15, -0.1) is 0 Å². The Morgan fingerprint density at radius 3 is 2.72 bits per heavy atom. The van der Waals surface area contributed by atoms with E-state index in [1.807, 2.05) is 6.92 Å². The van der Waals surface area contributed by atoms with Crippen LogP contribution in [0.25, 0.3) is 0 Å². The van der Waals surface area contributed by atoms with Crippen LogP contribution in [0.2, 0.25) is 0 Å². The molecule has 3 N–H and O–H groups in total. The number of fused-ring (bicyclic) bond motifs is 2. The minimum absolute atomic E-state index is 0.0376. The predicted octanol–water partition coefficient (Wildman–Crippen LogP) is 1.63. The first-order valence-electron chi connectivity index (χ1n) is 9.94. The summed E-state index contributed by atoms with van der Waals surface area (Å²) in [4.78, 5) is 12.7. The molecule has 25 heavy (non-hydrogen) atoms. The second kappa shape index (κ2) is 4.60. The summed E-state index contributed by atoms with van der Waals surface area (Å²) in [5, 5.41) is 32.3. The van der Waals surface area contributed by atoms with Gasteiger partial charge in [-0.1, -0.05) is 13.3 Å². The fourth-order valence-corrected chi connectivity index (χ4v) is 8.46. The lowest BCUT2D eigenvalue weighted by atomic mass is 9.40. The van der Waals surface area contributed by atoms with Crippen molar-refractivity contribution in [1.82, 2.24) is 0 Å². The summed E-state index contributed by atoms with van der Waals surface area (Å²) < 4.78 is 5.82. The van der Waals surface area contributed by atoms with Crippen molar-refractivity contribution < 1.29 is 24.9 Å². The molecule has 5 fully saturated rings. The average Bonchev–Trinajstić information content (AvgIpc) is 2.97. The molecule has 4 saturated carbocycles. The summed E-state index contributed by atoms with van der Waals surface area (Å²) in [6, 6.07) is 0. The SMILES string of the molecule is CC12CCCC3(C)C1C(OC2=O)C(O)C12CC(CCC31)C(O)(CO)C2. The van der Waals surface area contributed by atoms with Gasteiger partial charge in [0.1, 0.15) is 6.10 Å². The van der Waals surface area contributed by atoms with Crippen LogP contribution in [0.3, 0.4) is 0 Å². The van der Waals surface area contributed by atoms with Gasteiger partial charge in [-0.2, -0.15) is 0 Å². The number of hydrogen-bond donors (Lipinski definition) is 3. The number of carbonyl (C=O) groups excluding carboxylic acids is 1. The number of esters is 1. The zero-order chi connectivity index (χ0) is 17.8. The van der Waals surface area contributed by atoms with Crippen molar-refractivity contribution in [3.05, 3.63) is 0 Å². The molecule has 9 unspecified atom stereocenters. The van der Waals surface area contributed by atoms with Crippen LogP contribution in [0.15, 0.2) is 0 Å². The van der Waals surface area contributed by atoms with E-state index in [9.17, 15) is 20.1 Å². The van der Waals surface area contributed by atoms with Crippen molar-refractivity contribution in [2.45, 2.75) is 76.6 Å². The molecule has 9 atom stereocenters. The summed E-state index contributed by atoms with van der Waals surface area (Å²) in [7, 11) is 0. The van der Waals surface area contributed by atoms with Gasteiger partial charge in [0.2, 0.25) is 0 Å². The topological polar surface area (TPSA) is 87.0 Å². The van der Waals surface area contributed by atoms with Crippen LogP contribution >= 0.6 is 0 Å². The zero-order valence-electron chi connectivity index (χ0n) is 15.2. The molecule has 0 aromatic heterocycles. The van der Waals surface area contributed by atoms with Crippen LogP contribution in [0.4, 0.5) is 0 Å². The Morgan fingerprint density at radius 1 is 1.24 bits per heavy atom. The largest absolute Gasteiger partial charge is 0.459 e. The maximum absolute atomic E-state index is 12.7. The number of aliphatic hydroxyl groups is 3. The second-order valence-corrected chi connectivity index (χ2v) is 10.3. The van der Waals surface area contributed by atoms with Crippen LogP contribution in [0.5, 0.6) is 0 Å². The molecular formula is C20H30O5. The Balaban J connectivity index is 1.66. The van der Waals surface area contributed by atoms with Gasteiger partial charge in [-0.25, -0.2) is 0 Å². The van der Waals surface area contributed by atoms with Crippen LogP contribution in [-0.4, -0.2) is 45.7 Å². The van der Waals surface area contributed by atoms with E-state index >= 15 is 0 Å². The molecule has 1 spiro atoms. The van der Waals surface area contributed by atoms with E-state index in [2.05, 4.69) is 6.92 Å². The van der Waals surface area contributed by atoms with Gasteiger partial charge in [0.05, 0.1) is 23.7 Å². The molecule has 140 valence electrons. The smallest absolute Gasteiger partial charge is 0.312 e. The molecule has 1 saturated heterocycles. The van der Waals surface area contributed by atoms with Crippen molar-refractivity contribution in [2.75, 3.05) is 6.61 Å². The van der Waals surface area contributed by atoms with E-state index in [1.165, 1.54) is 0 Å². The fourth-order valence-electron chi connectivity index (χ4n) is 8.46. The Morgan fingerprint density at radius 2 is 2.00 bits per heavy atom. The molecule has 2 bridgehead atoms. The average molecular weight is 350 g/mol. The van der Waals surface area contributed by atoms with E-state index < -0.39 is 28.6 Å². The quantitative estimate of drug-likeness (QED) is 0.626. The molecule has 0 amide bonds. The summed E-state index contributed by atoms with van der Waals surface area (Å²) in [5.74, 6) is 0.235. The van der Waals surface area contributed by atoms with Crippen LogP contribution in [0.1, 0.15) is 58.8 Å². The molecule has 0 aromatic carbocycles. The molecule has 1 heterocycles. The Hall–Kier alpha value is -0.650. The van der Waals surface area contributed by atoms with E-state index in [1.54, 1.807) is 0 Å². The molecule has 5 nitrogen and oxygen atoms in total. The van der Waals surface area contributed by atoms with Gasteiger partial charge in [-0.05, 0) is 62.7 Å². The van der Waals surface area contributed by atoms with Gasteiger partial charge >= 0.3 is 5.97 Å². The lowest BCUT2D eigenvalue weighted by molar-refractivity contribution is -0.221. The van der Waals surface area contributed by atoms with Crippen molar-refractivity contribution >= 4 is 5.97 Å². The molecule has 1 aliphatic heterocycles. The first-order chi connectivity index (χ1) is 11.7. The van der Waals surface area contributed by atoms with Crippen molar-refractivity contribution in [1.29, 1.82) is 0 Å². The predicted molar refractivity (Wildman–Crippen MR) is 89.4 cm³/mol. The van der Waals surface area contributed by atoms with Crippen molar-refractivity contribution in [3.63, 3.8) is 0 Å². The molecule has 5 rings (SSSR count). The third-order valence-corrected chi connectivity index (χ3v) is 9.34. The highest BCUT2D eigenvalue weighted by Gasteiger charge is 2.76. The number of carbonyl (C=O) groups is 1. The van der Waals surface area contributed by atoms with Crippen molar-refractivity contribution in [2.24, 2.45) is 34.0 Å². The van der Waals surface area contributed by atoms with Gasteiger partial charge in [0.25, 0.3) is 0 Å². The molecule has 5 heteroatoms. The lowest BCUT2D eigenvalue weighted by Crippen LogP contribution is -2.65. The van der Waals surface area contributed by atoms with Gasteiger partial charge < -0.3 is 20.1 Å². The first-order valence-corrected chi connectivity index (χ1v) is 9.94. The third kappa shape index (κ3) is 1.65. The van der Waals surface area contributed by atoms with E-state index in [0.717, 1.165) is 38.5 Å². The number of ether oxygens (including phenoxy) is 1. The van der Waals surface area contributed by atoms with Crippen LogP contribution in [0, 0.1) is 34.0 Å². The first kappa shape index (κ1) is 16.5. The summed E-state index contributed by atoms with van der Waals surface area (Å²) in [6.45, 7) is 4.09. The molecule has 4 aliphatic carbocycles. The van der Waals surface area contributed by atoms with Gasteiger partial charge in [0.15, 0.2) is 0 Å². The number of rotatable bonds is 1. The minimum Gasteiger partial charge on any atom is -0.459 e. The number of hydrogen-bond acceptors (Lipinski definition) is 5. The van der Waals surface area contributed by atoms with E-state index in [-0.39, 0.29) is 35.7 Å². The lowest BCUT2D eigenvalue weighted by Gasteiger charge is -2.63. The highest BCUT2D eigenvalue weighted by atomic mass is 16.6. The number of aliphatic hydroxyl groups excluding tert-OH is 2. The third-order valence-electron chi connectivity index (χ3n) is 9.34. The maximum atomic E-state index is 12.7. The monoisotopic (exact) mass is 350 g/mol. The molecule has 0 radical (unpaired) electrons. The highest BCUT2D eigenvalue weighted by Crippen LogP contribution is 2.74. The molecule has 5 aliphatic rings. The van der Waals surface area contributed by atoms with Crippen molar-refractivity contribution in [3.8, 4) is 0 Å². The Kier molecular flexibility index (Phi) is 3.04. The Labute approximate surface area is 148 Å². The highest BCUT2D eigenvalue weighted by molar-refractivity contribution is 5.80. The fraction of sp³-hybridized carbons (Fsp3) is 0.950.